The van der Waals surface area contributed by atoms with E-state index in [0.717, 1.165) is 23.1 Å². The number of nitrogens with zero attached hydrogens (tertiary/aromatic N) is 2. The van der Waals surface area contributed by atoms with Gasteiger partial charge in [-0.2, -0.15) is 4.68 Å². The maximum atomic E-state index is 12.4. The summed E-state index contributed by atoms with van der Waals surface area (Å²) in [6, 6.07) is 16.7. The Kier molecular flexibility index (Phi) is 6.67. The van der Waals surface area contributed by atoms with E-state index in [0.29, 0.717) is 12.2 Å². The lowest BCUT2D eigenvalue weighted by Crippen LogP contribution is -2.36. The third-order valence-corrected chi connectivity index (χ3v) is 5.08. The van der Waals surface area contributed by atoms with Crippen LogP contribution in [0.4, 0.5) is 0 Å². The van der Waals surface area contributed by atoms with Gasteiger partial charge in [0.2, 0.25) is 5.88 Å². The fraction of sp³-hybridized carbons (Fsp3) is 0.292. The van der Waals surface area contributed by atoms with Crippen molar-refractivity contribution in [1.29, 1.82) is 0 Å². The minimum Gasteiger partial charge on any atom is -0.464 e. The molecule has 0 aliphatic heterocycles. The molecule has 1 N–H and O–H groups in total. The lowest BCUT2D eigenvalue weighted by molar-refractivity contribution is -0.127. The minimum absolute atomic E-state index is 0.211. The molecule has 0 saturated heterocycles. The second-order valence-corrected chi connectivity index (χ2v) is 7.34. The summed E-state index contributed by atoms with van der Waals surface area (Å²) in [6.45, 7) is 8.17. The van der Waals surface area contributed by atoms with Gasteiger partial charge in [0, 0.05) is 18.7 Å². The smallest absolute Gasteiger partial charge is 0.271 e. The van der Waals surface area contributed by atoms with Crippen LogP contribution in [0.25, 0.3) is 5.69 Å². The third-order valence-electron chi connectivity index (χ3n) is 5.08. The predicted molar refractivity (Wildman–Crippen MR) is 117 cm³/mol. The average Bonchev–Trinajstić information content (AvgIpc) is 2.75. The summed E-state index contributed by atoms with van der Waals surface area (Å²) in [7, 11) is 0. The summed E-state index contributed by atoms with van der Waals surface area (Å²) in [5.74, 6) is -0.0388. The summed E-state index contributed by atoms with van der Waals surface area (Å²) in [6.07, 6.45) is 0.229. The second kappa shape index (κ2) is 9.39. The lowest BCUT2D eigenvalue weighted by Gasteiger charge is -2.15. The Balaban J connectivity index is 1.66. The fourth-order valence-corrected chi connectivity index (χ4v) is 2.96. The van der Waals surface area contributed by atoms with Crippen molar-refractivity contribution in [3.8, 4) is 11.6 Å². The van der Waals surface area contributed by atoms with Crippen LogP contribution in [-0.2, 0) is 17.8 Å². The molecular formula is C24H27N3O3. The van der Waals surface area contributed by atoms with Crippen molar-refractivity contribution in [2.45, 2.75) is 46.8 Å². The van der Waals surface area contributed by atoms with Crippen LogP contribution in [0.1, 0.15) is 36.1 Å². The number of hydrogen-bond acceptors (Lipinski definition) is 4. The van der Waals surface area contributed by atoms with Gasteiger partial charge in [0.25, 0.3) is 11.5 Å². The molecule has 2 aromatic carbocycles. The molecule has 3 rings (SSSR count). The first-order chi connectivity index (χ1) is 14.4. The van der Waals surface area contributed by atoms with Gasteiger partial charge in [-0.1, -0.05) is 37.3 Å². The van der Waals surface area contributed by atoms with Crippen molar-refractivity contribution in [3.63, 3.8) is 0 Å². The Morgan fingerprint density at radius 1 is 1.03 bits per heavy atom. The van der Waals surface area contributed by atoms with Crippen molar-refractivity contribution in [2.75, 3.05) is 0 Å². The molecule has 0 aliphatic carbocycles. The number of amides is 1. The number of carbonyl (C=O) groups is 1. The topological polar surface area (TPSA) is 73.2 Å². The van der Waals surface area contributed by atoms with Crippen LogP contribution in [0.2, 0.25) is 0 Å². The largest absolute Gasteiger partial charge is 0.464 e. The van der Waals surface area contributed by atoms with Crippen molar-refractivity contribution >= 4 is 5.91 Å². The van der Waals surface area contributed by atoms with E-state index in [4.69, 9.17) is 4.74 Å². The highest BCUT2D eigenvalue weighted by molar-refractivity contribution is 5.80. The van der Waals surface area contributed by atoms with E-state index in [-0.39, 0.29) is 17.3 Å². The minimum atomic E-state index is -0.752. The normalized spacial score (nSPS) is 11.7. The summed E-state index contributed by atoms with van der Waals surface area (Å²) in [5.41, 5.74) is 4.86. The van der Waals surface area contributed by atoms with E-state index in [1.54, 1.807) is 6.92 Å². The van der Waals surface area contributed by atoms with E-state index in [1.165, 1.54) is 22.4 Å². The molecule has 1 amide bonds. The molecule has 0 bridgehead atoms. The fourth-order valence-electron chi connectivity index (χ4n) is 2.96. The molecular weight excluding hydrogens is 378 g/mol. The third kappa shape index (κ3) is 5.14. The highest BCUT2D eigenvalue weighted by Crippen LogP contribution is 2.14. The Morgan fingerprint density at radius 2 is 1.73 bits per heavy atom. The van der Waals surface area contributed by atoms with Crippen LogP contribution in [0, 0.1) is 13.8 Å². The number of aryl methyl sites for hydroxylation is 3. The van der Waals surface area contributed by atoms with Crippen LogP contribution in [-0.4, -0.2) is 21.8 Å². The van der Waals surface area contributed by atoms with Crippen LogP contribution in [0.3, 0.4) is 0 Å². The first-order valence-corrected chi connectivity index (χ1v) is 10.1. The molecule has 0 spiro atoms. The van der Waals surface area contributed by atoms with Gasteiger partial charge in [-0.05, 0) is 61.6 Å². The molecule has 6 heteroatoms. The summed E-state index contributed by atoms with van der Waals surface area (Å²) >= 11 is 0. The first kappa shape index (κ1) is 21.3. The summed E-state index contributed by atoms with van der Waals surface area (Å²) < 4.78 is 6.97. The van der Waals surface area contributed by atoms with E-state index in [1.807, 2.05) is 44.2 Å². The highest BCUT2D eigenvalue weighted by atomic mass is 16.5. The Morgan fingerprint density at radius 3 is 2.40 bits per heavy atom. The second-order valence-electron chi connectivity index (χ2n) is 7.34. The zero-order valence-electron chi connectivity index (χ0n) is 17.8. The number of rotatable bonds is 7. The maximum Gasteiger partial charge on any atom is 0.271 e. The quantitative estimate of drug-likeness (QED) is 0.653. The Labute approximate surface area is 176 Å². The molecule has 1 aromatic heterocycles. The monoisotopic (exact) mass is 405 g/mol. The van der Waals surface area contributed by atoms with E-state index in [2.05, 4.69) is 29.5 Å². The van der Waals surface area contributed by atoms with Crippen molar-refractivity contribution in [1.82, 2.24) is 15.1 Å². The molecule has 30 heavy (non-hydrogen) atoms. The van der Waals surface area contributed by atoms with Gasteiger partial charge in [0.1, 0.15) is 0 Å². The van der Waals surface area contributed by atoms with E-state index >= 15 is 0 Å². The number of benzene rings is 2. The molecule has 0 aliphatic rings. The summed E-state index contributed by atoms with van der Waals surface area (Å²) in [4.78, 5) is 24.7. The molecule has 3 aromatic rings. The van der Waals surface area contributed by atoms with Crippen LogP contribution < -0.4 is 15.6 Å². The average molecular weight is 405 g/mol. The molecule has 0 radical (unpaired) electrons. The van der Waals surface area contributed by atoms with Crippen LogP contribution in [0.5, 0.6) is 5.88 Å². The van der Waals surface area contributed by atoms with Gasteiger partial charge >= 0.3 is 0 Å². The molecule has 0 saturated carbocycles. The molecule has 0 fully saturated rings. The molecule has 6 nitrogen and oxygen atoms in total. The van der Waals surface area contributed by atoms with Gasteiger partial charge in [0.15, 0.2) is 6.10 Å². The number of hydrogen-bond donors (Lipinski definition) is 1. The first-order valence-electron chi connectivity index (χ1n) is 10.1. The van der Waals surface area contributed by atoms with Gasteiger partial charge in [0.05, 0.1) is 5.69 Å². The van der Waals surface area contributed by atoms with Gasteiger partial charge in [-0.3, -0.25) is 9.59 Å². The zero-order chi connectivity index (χ0) is 21.7. The molecule has 0 unspecified atom stereocenters. The lowest BCUT2D eigenvalue weighted by atomic mass is 10.1. The van der Waals surface area contributed by atoms with Gasteiger partial charge in [-0.25, -0.2) is 0 Å². The van der Waals surface area contributed by atoms with E-state index < -0.39 is 6.10 Å². The van der Waals surface area contributed by atoms with Crippen LogP contribution >= 0.6 is 0 Å². The van der Waals surface area contributed by atoms with Gasteiger partial charge < -0.3 is 10.1 Å². The highest BCUT2D eigenvalue weighted by Gasteiger charge is 2.16. The molecule has 1 heterocycles. The maximum absolute atomic E-state index is 12.4. The molecule has 156 valence electrons. The number of aromatic nitrogens is 2. The van der Waals surface area contributed by atoms with Crippen molar-refractivity contribution < 1.29 is 9.53 Å². The SMILES string of the molecule is CCc1ccc(CNC(=O)[C@@H](C)Oc2ccc(=O)n(-c3ccc(C)c(C)c3)n2)cc1. The van der Waals surface area contributed by atoms with Crippen molar-refractivity contribution in [3.05, 3.63) is 87.2 Å². The number of ether oxygens (including phenoxy) is 1. The zero-order valence-corrected chi connectivity index (χ0v) is 17.8. The number of nitrogens with one attached hydrogen (secondary N) is 1. The van der Waals surface area contributed by atoms with Crippen molar-refractivity contribution in [2.24, 2.45) is 0 Å². The predicted octanol–water partition coefficient (Wildman–Crippen LogP) is 3.50. The standard InChI is InChI=1S/C24H27N3O3/c1-5-19-7-9-20(10-8-19)15-25-24(29)18(4)30-22-12-13-23(28)27(26-22)21-11-6-16(2)17(3)14-21/h6-14,18H,5,15H2,1-4H3,(H,25,29)/t18-/m1/s1. The van der Waals surface area contributed by atoms with Crippen LogP contribution in [0.15, 0.2) is 59.4 Å². The number of carbonyl (C=O) groups excluding carboxylic acids is 1. The Hall–Kier alpha value is -3.41. The van der Waals surface area contributed by atoms with Gasteiger partial charge in [-0.15, -0.1) is 5.10 Å². The van der Waals surface area contributed by atoms with E-state index in [9.17, 15) is 9.59 Å². The molecule has 1 atom stereocenters. The summed E-state index contributed by atoms with van der Waals surface area (Å²) in [5, 5.41) is 7.14. The Bertz CT molecular complexity index is 1090.